The summed E-state index contributed by atoms with van der Waals surface area (Å²) in [4.78, 5) is 32.8. The number of piperidine rings is 1. The fourth-order valence-corrected chi connectivity index (χ4v) is 3.19. The van der Waals surface area contributed by atoms with Crippen LogP contribution in [0.1, 0.15) is 23.3 Å². The third-order valence-electron chi connectivity index (χ3n) is 4.64. The average molecular weight is 333 g/mol. The molecule has 0 bridgehead atoms. The van der Waals surface area contributed by atoms with Gasteiger partial charge in [0.2, 0.25) is 5.91 Å². The Hall–Kier alpha value is -2.15. The highest BCUT2D eigenvalue weighted by Gasteiger charge is 2.31. The SMILES string of the molecule is COc1ccnc(C(=O)N2CCC(C(=O)N3CCOCC3)CC2)c1. The summed E-state index contributed by atoms with van der Waals surface area (Å²) in [5.41, 5.74) is 0.382. The lowest BCUT2D eigenvalue weighted by molar-refractivity contribution is -0.141. The van der Waals surface area contributed by atoms with Gasteiger partial charge in [-0.05, 0) is 18.9 Å². The van der Waals surface area contributed by atoms with Gasteiger partial charge in [0.25, 0.3) is 5.91 Å². The van der Waals surface area contributed by atoms with Crippen LogP contribution in [-0.2, 0) is 9.53 Å². The second-order valence-electron chi connectivity index (χ2n) is 6.09. The van der Waals surface area contributed by atoms with E-state index in [-0.39, 0.29) is 17.7 Å². The van der Waals surface area contributed by atoms with Gasteiger partial charge in [0.1, 0.15) is 11.4 Å². The summed E-state index contributed by atoms with van der Waals surface area (Å²) in [6.07, 6.45) is 2.97. The quantitative estimate of drug-likeness (QED) is 0.818. The molecule has 2 amide bonds. The van der Waals surface area contributed by atoms with E-state index in [9.17, 15) is 9.59 Å². The minimum atomic E-state index is -0.105. The van der Waals surface area contributed by atoms with Crippen LogP contribution < -0.4 is 4.74 Å². The Balaban J connectivity index is 1.56. The van der Waals surface area contributed by atoms with E-state index in [1.54, 1.807) is 30.3 Å². The topological polar surface area (TPSA) is 72.0 Å². The van der Waals surface area contributed by atoms with Crippen molar-refractivity contribution >= 4 is 11.8 Å². The summed E-state index contributed by atoms with van der Waals surface area (Å²) < 4.78 is 10.4. The first-order valence-electron chi connectivity index (χ1n) is 8.35. The Morgan fingerprint density at radius 3 is 2.54 bits per heavy atom. The van der Waals surface area contributed by atoms with Crippen molar-refractivity contribution in [2.45, 2.75) is 12.8 Å². The largest absolute Gasteiger partial charge is 0.497 e. The molecule has 3 heterocycles. The molecule has 1 aromatic heterocycles. The van der Waals surface area contributed by atoms with Gasteiger partial charge in [-0.1, -0.05) is 0 Å². The molecule has 0 radical (unpaired) electrons. The molecule has 0 atom stereocenters. The average Bonchev–Trinajstić information content (AvgIpc) is 2.67. The number of pyridine rings is 1. The summed E-state index contributed by atoms with van der Waals surface area (Å²) in [5.74, 6) is 0.715. The number of aromatic nitrogens is 1. The lowest BCUT2D eigenvalue weighted by Gasteiger charge is -2.35. The predicted molar refractivity (Wildman–Crippen MR) is 86.8 cm³/mol. The summed E-state index contributed by atoms with van der Waals surface area (Å²) in [7, 11) is 1.56. The number of carbonyl (C=O) groups excluding carboxylic acids is 2. The van der Waals surface area contributed by atoms with Gasteiger partial charge in [-0.3, -0.25) is 14.6 Å². The Bertz CT molecular complexity index is 593. The van der Waals surface area contributed by atoms with Crippen LogP contribution in [0.2, 0.25) is 0 Å². The maximum Gasteiger partial charge on any atom is 0.272 e. The predicted octanol–water partition coefficient (Wildman–Crippen LogP) is 0.801. The van der Waals surface area contributed by atoms with E-state index in [1.165, 1.54) is 0 Å². The zero-order valence-corrected chi connectivity index (χ0v) is 13.9. The molecule has 2 fully saturated rings. The van der Waals surface area contributed by atoms with Gasteiger partial charge in [0, 0.05) is 44.4 Å². The monoisotopic (exact) mass is 333 g/mol. The molecule has 0 aliphatic carbocycles. The van der Waals surface area contributed by atoms with E-state index < -0.39 is 0 Å². The van der Waals surface area contributed by atoms with Crippen LogP contribution in [0.15, 0.2) is 18.3 Å². The van der Waals surface area contributed by atoms with Crippen LogP contribution >= 0.6 is 0 Å². The number of methoxy groups -OCH3 is 1. The normalized spacial score (nSPS) is 19.2. The van der Waals surface area contributed by atoms with Crippen LogP contribution in [0.25, 0.3) is 0 Å². The Labute approximate surface area is 141 Å². The second kappa shape index (κ2) is 7.61. The Morgan fingerprint density at radius 1 is 1.17 bits per heavy atom. The van der Waals surface area contributed by atoms with Crippen LogP contribution in [0.4, 0.5) is 0 Å². The molecular formula is C17H23N3O4. The zero-order valence-electron chi connectivity index (χ0n) is 13.9. The van der Waals surface area contributed by atoms with Crippen molar-refractivity contribution in [1.29, 1.82) is 0 Å². The van der Waals surface area contributed by atoms with Crippen molar-refractivity contribution in [2.75, 3.05) is 46.5 Å². The van der Waals surface area contributed by atoms with Crippen molar-refractivity contribution in [3.63, 3.8) is 0 Å². The fraction of sp³-hybridized carbons (Fsp3) is 0.588. The number of amides is 2. The van der Waals surface area contributed by atoms with Gasteiger partial charge in [-0.15, -0.1) is 0 Å². The van der Waals surface area contributed by atoms with Gasteiger partial charge in [0.15, 0.2) is 0 Å². The van der Waals surface area contributed by atoms with Crippen molar-refractivity contribution in [1.82, 2.24) is 14.8 Å². The molecule has 24 heavy (non-hydrogen) atoms. The third-order valence-corrected chi connectivity index (χ3v) is 4.64. The van der Waals surface area contributed by atoms with Crippen LogP contribution in [0.3, 0.4) is 0 Å². The summed E-state index contributed by atoms with van der Waals surface area (Å²) in [6, 6.07) is 3.36. The van der Waals surface area contributed by atoms with Crippen molar-refractivity contribution in [2.24, 2.45) is 5.92 Å². The van der Waals surface area contributed by atoms with E-state index in [0.29, 0.717) is 63.7 Å². The molecule has 130 valence electrons. The summed E-state index contributed by atoms with van der Waals surface area (Å²) in [6.45, 7) is 3.74. The lowest BCUT2D eigenvalue weighted by atomic mass is 9.95. The lowest BCUT2D eigenvalue weighted by Crippen LogP contribution is -2.47. The highest BCUT2D eigenvalue weighted by Crippen LogP contribution is 2.22. The van der Waals surface area contributed by atoms with Gasteiger partial charge >= 0.3 is 0 Å². The highest BCUT2D eigenvalue weighted by molar-refractivity contribution is 5.92. The number of likely N-dealkylation sites (tertiary alicyclic amines) is 1. The van der Waals surface area contributed by atoms with Crippen molar-refractivity contribution in [3.8, 4) is 5.75 Å². The van der Waals surface area contributed by atoms with Gasteiger partial charge < -0.3 is 19.3 Å². The van der Waals surface area contributed by atoms with E-state index in [1.807, 2.05) is 4.90 Å². The molecule has 2 aliphatic heterocycles. The molecule has 2 aliphatic rings. The maximum absolute atomic E-state index is 12.5. The molecule has 7 heteroatoms. The van der Waals surface area contributed by atoms with Crippen molar-refractivity contribution < 1.29 is 19.1 Å². The summed E-state index contributed by atoms with van der Waals surface area (Å²) in [5, 5.41) is 0. The number of hydrogen-bond donors (Lipinski definition) is 0. The number of nitrogens with zero attached hydrogens (tertiary/aromatic N) is 3. The van der Waals surface area contributed by atoms with E-state index >= 15 is 0 Å². The Kier molecular flexibility index (Phi) is 5.30. The first-order chi connectivity index (χ1) is 11.7. The van der Waals surface area contributed by atoms with Crippen LogP contribution in [0.5, 0.6) is 5.75 Å². The fourth-order valence-electron chi connectivity index (χ4n) is 3.19. The smallest absolute Gasteiger partial charge is 0.272 e. The molecule has 7 nitrogen and oxygen atoms in total. The number of morpholine rings is 1. The number of ether oxygens (including phenoxy) is 2. The number of rotatable bonds is 3. The number of hydrogen-bond acceptors (Lipinski definition) is 5. The van der Waals surface area contributed by atoms with Gasteiger partial charge in [-0.25, -0.2) is 0 Å². The molecule has 0 saturated carbocycles. The maximum atomic E-state index is 12.5. The molecule has 3 rings (SSSR count). The number of carbonyl (C=O) groups is 2. The van der Waals surface area contributed by atoms with Crippen LogP contribution in [0, 0.1) is 5.92 Å². The third kappa shape index (κ3) is 3.67. The standard InChI is InChI=1S/C17H23N3O4/c1-23-14-2-5-18-15(12-14)17(22)19-6-3-13(4-7-19)16(21)20-8-10-24-11-9-20/h2,5,12-13H,3-4,6-11H2,1H3. The first kappa shape index (κ1) is 16.7. The van der Waals surface area contributed by atoms with Crippen LogP contribution in [-0.4, -0.2) is 73.1 Å². The van der Waals surface area contributed by atoms with Gasteiger partial charge in [0.05, 0.1) is 20.3 Å². The molecule has 0 aromatic carbocycles. The molecule has 0 N–H and O–H groups in total. The van der Waals surface area contributed by atoms with Crippen molar-refractivity contribution in [3.05, 3.63) is 24.0 Å². The molecular weight excluding hydrogens is 310 g/mol. The van der Waals surface area contributed by atoms with E-state index in [2.05, 4.69) is 4.98 Å². The molecule has 1 aromatic rings. The second-order valence-corrected chi connectivity index (χ2v) is 6.09. The highest BCUT2D eigenvalue weighted by atomic mass is 16.5. The minimum Gasteiger partial charge on any atom is -0.497 e. The first-order valence-corrected chi connectivity index (χ1v) is 8.35. The van der Waals surface area contributed by atoms with E-state index in [4.69, 9.17) is 9.47 Å². The Morgan fingerprint density at radius 2 is 1.88 bits per heavy atom. The van der Waals surface area contributed by atoms with Gasteiger partial charge in [-0.2, -0.15) is 0 Å². The molecule has 0 spiro atoms. The zero-order chi connectivity index (χ0) is 16.9. The van der Waals surface area contributed by atoms with E-state index in [0.717, 1.165) is 0 Å². The minimum absolute atomic E-state index is 0.00502. The molecule has 2 saturated heterocycles. The summed E-state index contributed by atoms with van der Waals surface area (Å²) >= 11 is 0. The molecule has 0 unspecified atom stereocenters.